The van der Waals surface area contributed by atoms with Gasteiger partial charge < -0.3 is 4.74 Å². The number of benzene rings is 1. The zero-order valence-corrected chi connectivity index (χ0v) is 12.8. The third-order valence-corrected chi connectivity index (χ3v) is 3.26. The molecule has 0 atom stereocenters. The maximum atomic E-state index is 6.20. The lowest BCUT2D eigenvalue weighted by Crippen LogP contribution is -2.19. The SMILES string of the molecule is C/C(CCOC(C)(C)C)=C(/C)c1ccccc1Cl. The first-order valence-corrected chi connectivity index (χ1v) is 6.74. The van der Waals surface area contributed by atoms with Gasteiger partial charge in [-0.05, 0) is 58.2 Å². The van der Waals surface area contributed by atoms with Crippen LogP contribution in [0, 0.1) is 0 Å². The van der Waals surface area contributed by atoms with Gasteiger partial charge >= 0.3 is 0 Å². The summed E-state index contributed by atoms with van der Waals surface area (Å²) in [6.07, 6.45) is 0.939. The molecule has 0 aliphatic carbocycles. The van der Waals surface area contributed by atoms with E-state index in [2.05, 4.69) is 40.7 Å². The van der Waals surface area contributed by atoms with Crippen molar-refractivity contribution in [1.82, 2.24) is 0 Å². The van der Waals surface area contributed by atoms with Crippen molar-refractivity contribution in [2.75, 3.05) is 6.61 Å². The molecule has 0 aliphatic heterocycles. The summed E-state index contributed by atoms with van der Waals surface area (Å²) in [6.45, 7) is 11.2. The average molecular weight is 267 g/mol. The van der Waals surface area contributed by atoms with Gasteiger partial charge in [-0.2, -0.15) is 0 Å². The van der Waals surface area contributed by atoms with Crippen LogP contribution in [0.1, 0.15) is 46.6 Å². The van der Waals surface area contributed by atoms with Crippen molar-refractivity contribution in [2.45, 2.75) is 46.6 Å². The van der Waals surface area contributed by atoms with Crippen LogP contribution >= 0.6 is 11.6 Å². The van der Waals surface area contributed by atoms with Crippen LogP contribution in [0.25, 0.3) is 5.57 Å². The van der Waals surface area contributed by atoms with Gasteiger partial charge in [0.05, 0.1) is 12.2 Å². The molecule has 18 heavy (non-hydrogen) atoms. The number of hydrogen-bond acceptors (Lipinski definition) is 1. The van der Waals surface area contributed by atoms with Gasteiger partial charge in [-0.25, -0.2) is 0 Å². The van der Waals surface area contributed by atoms with E-state index < -0.39 is 0 Å². The summed E-state index contributed by atoms with van der Waals surface area (Å²) in [5.41, 5.74) is 3.62. The van der Waals surface area contributed by atoms with Crippen molar-refractivity contribution in [2.24, 2.45) is 0 Å². The van der Waals surface area contributed by atoms with Crippen LogP contribution in [0.5, 0.6) is 0 Å². The van der Waals surface area contributed by atoms with Crippen LogP contribution in [0.2, 0.25) is 5.02 Å². The highest BCUT2D eigenvalue weighted by Gasteiger charge is 2.10. The maximum absolute atomic E-state index is 6.20. The van der Waals surface area contributed by atoms with E-state index >= 15 is 0 Å². The Bertz CT molecular complexity index is 427. The predicted octanol–water partition coefficient (Wildman–Crippen LogP) is 5.34. The molecule has 2 heteroatoms. The van der Waals surface area contributed by atoms with Crippen molar-refractivity contribution in [3.05, 3.63) is 40.4 Å². The van der Waals surface area contributed by atoms with Gasteiger partial charge in [0.25, 0.3) is 0 Å². The van der Waals surface area contributed by atoms with Gasteiger partial charge in [0, 0.05) is 5.02 Å². The summed E-state index contributed by atoms with van der Waals surface area (Å²) in [6, 6.07) is 7.96. The fraction of sp³-hybridized carbons (Fsp3) is 0.500. The highest BCUT2D eigenvalue weighted by atomic mass is 35.5. The van der Waals surface area contributed by atoms with E-state index in [9.17, 15) is 0 Å². The van der Waals surface area contributed by atoms with Gasteiger partial charge in [0.15, 0.2) is 0 Å². The summed E-state index contributed by atoms with van der Waals surface area (Å²) < 4.78 is 5.75. The minimum atomic E-state index is -0.0709. The minimum Gasteiger partial charge on any atom is -0.376 e. The van der Waals surface area contributed by atoms with Gasteiger partial charge in [-0.3, -0.25) is 0 Å². The lowest BCUT2D eigenvalue weighted by Gasteiger charge is -2.20. The van der Waals surface area contributed by atoms with Gasteiger partial charge in [0.1, 0.15) is 0 Å². The van der Waals surface area contributed by atoms with Crippen molar-refractivity contribution in [1.29, 1.82) is 0 Å². The molecule has 1 nitrogen and oxygen atoms in total. The summed E-state index contributed by atoms with van der Waals surface area (Å²) in [7, 11) is 0. The third-order valence-electron chi connectivity index (χ3n) is 2.93. The van der Waals surface area contributed by atoms with Crippen LogP contribution in [0.4, 0.5) is 0 Å². The van der Waals surface area contributed by atoms with Crippen LogP contribution in [-0.2, 0) is 4.74 Å². The monoisotopic (exact) mass is 266 g/mol. The molecule has 0 heterocycles. The molecular weight excluding hydrogens is 244 g/mol. The lowest BCUT2D eigenvalue weighted by atomic mass is 10.0. The lowest BCUT2D eigenvalue weighted by molar-refractivity contribution is -0.000903. The maximum Gasteiger partial charge on any atom is 0.0598 e. The molecule has 0 amide bonds. The summed E-state index contributed by atoms with van der Waals surface area (Å²) >= 11 is 6.20. The zero-order chi connectivity index (χ0) is 13.8. The number of rotatable bonds is 4. The number of allylic oxidation sites excluding steroid dienone is 1. The average Bonchev–Trinajstić information content (AvgIpc) is 2.27. The fourth-order valence-electron chi connectivity index (χ4n) is 1.69. The largest absolute Gasteiger partial charge is 0.376 e. The van der Waals surface area contributed by atoms with E-state index in [-0.39, 0.29) is 5.60 Å². The Balaban J connectivity index is 2.71. The molecule has 1 aromatic rings. The second kappa shape index (κ2) is 6.40. The molecule has 0 aromatic heterocycles. The van der Waals surface area contributed by atoms with Gasteiger partial charge in [-0.1, -0.05) is 35.4 Å². The molecule has 0 radical (unpaired) electrons. The van der Waals surface area contributed by atoms with E-state index in [1.165, 1.54) is 11.1 Å². The Labute approximate surface area is 116 Å². The molecule has 0 aliphatic rings. The first-order chi connectivity index (χ1) is 8.31. The third kappa shape index (κ3) is 4.83. The van der Waals surface area contributed by atoms with Crippen molar-refractivity contribution < 1.29 is 4.74 Å². The first kappa shape index (κ1) is 15.3. The molecule has 0 bridgehead atoms. The topological polar surface area (TPSA) is 9.23 Å². The van der Waals surface area contributed by atoms with Gasteiger partial charge in [0.2, 0.25) is 0 Å². The zero-order valence-electron chi connectivity index (χ0n) is 12.0. The molecule has 1 rings (SSSR count). The second-order valence-electron chi connectivity index (χ2n) is 5.60. The molecule has 0 fully saturated rings. The van der Waals surface area contributed by atoms with Crippen LogP contribution in [-0.4, -0.2) is 12.2 Å². The minimum absolute atomic E-state index is 0.0709. The van der Waals surface area contributed by atoms with Crippen LogP contribution in [0.3, 0.4) is 0 Å². The van der Waals surface area contributed by atoms with Crippen molar-refractivity contribution in [3.63, 3.8) is 0 Å². The summed E-state index contributed by atoms with van der Waals surface area (Å²) in [5.74, 6) is 0. The number of halogens is 1. The van der Waals surface area contributed by atoms with Crippen LogP contribution < -0.4 is 0 Å². The van der Waals surface area contributed by atoms with E-state index in [1.807, 2.05) is 18.2 Å². The van der Waals surface area contributed by atoms with E-state index in [0.29, 0.717) is 0 Å². The standard InChI is InChI=1S/C16H23ClO/c1-12(10-11-18-16(3,4)5)13(2)14-8-6-7-9-15(14)17/h6-9H,10-11H2,1-5H3/b13-12+. The Morgan fingerprint density at radius 2 is 1.78 bits per heavy atom. The Morgan fingerprint density at radius 1 is 1.17 bits per heavy atom. The predicted molar refractivity (Wildman–Crippen MR) is 80.0 cm³/mol. The van der Waals surface area contributed by atoms with E-state index in [4.69, 9.17) is 16.3 Å². The first-order valence-electron chi connectivity index (χ1n) is 6.36. The quantitative estimate of drug-likeness (QED) is 0.715. The molecule has 0 saturated carbocycles. The second-order valence-corrected chi connectivity index (χ2v) is 6.00. The summed E-state index contributed by atoms with van der Waals surface area (Å²) in [4.78, 5) is 0. The van der Waals surface area contributed by atoms with E-state index in [0.717, 1.165) is 23.6 Å². The summed E-state index contributed by atoms with van der Waals surface area (Å²) in [5, 5.41) is 0.811. The molecule has 0 unspecified atom stereocenters. The molecule has 0 saturated heterocycles. The number of ether oxygens (including phenoxy) is 1. The van der Waals surface area contributed by atoms with Crippen LogP contribution in [0.15, 0.2) is 29.8 Å². The fourth-order valence-corrected chi connectivity index (χ4v) is 1.97. The molecular formula is C16H23ClO. The van der Waals surface area contributed by atoms with Crippen molar-refractivity contribution >= 4 is 17.2 Å². The van der Waals surface area contributed by atoms with Crippen molar-refractivity contribution in [3.8, 4) is 0 Å². The normalized spacial score (nSPS) is 13.4. The molecule has 1 aromatic carbocycles. The van der Waals surface area contributed by atoms with Gasteiger partial charge in [-0.15, -0.1) is 0 Å². The Hall–Kier alpha value is -0.790. The smallest absolute Gasteiger partial charge is 0.0598 e. The Kier molecular flexibility index (Phi) is 5.43. The Morgan fingerprint density at radius 3 is 2.33 bits per heavy atom. The molecule has 100 valence electrons. The highest BCUT2D eigenvalue weighted by molar-refractivity contribution is 6.32. The number of hydrogen-bond donors (Lipinski definition) is 0. The van der Waals surface area contributed by atoms with E-state index in [1.54, 1.807) is 0 Å². The highest BCUT2D eigenvalue weighted by Crippen LogP contribution is 2.27. The molecule has 0 spiro atoms. The molecule has 0 N–H and O–H groups in total.